The van der Waals surface area contributed by atoms with E-state index in [1.165, 1.54) is 12.0 Å². The van der Waals surface area contributed by atoms with E-state index in [1.807, 2.05) is 31.2 Å². The lowest BCUT2D eigenvalue weighted by Gasteiger charge is -2.23. The van der Waals surface area contributed by atoms with Gasteiger partial charge in [-0.25, -0.2) is 0 Å². The second kappa shape index (κ2) is 7.67. The largest absolute Gasteiger partial charge is 0.370 e. The van der Waals surface area contributed by atoms with Gasteiger partial charge in [-0.2, -0.15) is 0 Å². The van der Waals surface area contributed by atoms with Crippen molar-refractivity contribution in [2.24, 2.45) is 16.6 Å². The summed E-state index contributed by atoms with van der Waals surface area (Å²) in [7, 11) is 0. The quantitative estimate of drug-likeness (QED) is 0.426. The third-order valence-electron chi connectivity index (χ3n) is 3.72. The molecule has 1 amide bonds. The molecular formula is C16H24N4O. The molecule has 1 saturated carbocycles. The minimum Gasteiger partial charge on any atom is -0.370 e. The summed E-state index contributed by atoms with van der Waals surface area (Å²) >= 11 is 0. The molecule has 5 heteroatoms. The molecule has 0 aromatic heterocycles. The average molecular weight is 288 g/mol. The van der Waals surface area contributed by atoms with Crippen molar-refractivity contribution >= 4 is 17.6 Å². The van der Waals surface area contributed by atoms with E-state index < -0.39 is 0 Å². The monoisotopic (exact) mass is 288 g/mol. The first-order valence-corrected chi connectivity index (χ1v) is 7.56. The summed E-state index contributed by atoms with van der Waals surface area (Å²) in [5.41, 5.74) is 7.95. The highest BCUT2D eigenvalue weighted by molar-refractivity contribution is 5.92. The molecule has 1 aliphatic carbocycles. The molecule has 0 heterocycles. The predicted octanol–water partition coefficient (Wildman–Crippen LogP) is 2.03. The van der Waals surface area contributed by atoms with Gasteiger partial charge in [0.1, 0.15) is 0 Å². The first-order valence-electron chi connectivity index (χ1n) is 7.56. The molecule has 1 aromatic rings. The minimum atomic E-state index is 0.191. The van der Waals surface area contributed by atoms with Gasteiger partial charge in [0.15, 0.2) is 5.96 Å². The Morgan fingerprint density at radius 1 is 1.33 bits per heavy atom. The van der Waals surface area contributed by atoms with Crippen molar-refractivity contribution in [3.8, 4) is 0 Å². The van der Waals surface area contributed by atoms with E-state index in [0.29, 0.717) is 19.0 Å². The van der Waals surface area contributed by atoms with Gasteiger partial charge in [-0.15, -0.1) is 0 Å². The molecule has 0 spiro atoms. The number of aryl methyl sites for hydroxylation is 1. The molecule has 0 atom stereocenters. The molecule has 0 aliphatic heterocycles. The smallest absolute Gasteiger partial charge is 0.223 e. The average Bonchev–Trinajstić information content (AvgIpc) is 2.39. The summed E-state index contributed by atoms with van der Waals surface area (Å²) in [6.07, 6.45) is 4.06. The number of nitrogens with one attached hydrogen (secondary N) is 2. The van der Waals surface area contributed by atoms with Crippen molar-refractivity contribution in [3.63, 3.8) is 0 Å². The Hall–Kier alpha value is -2.04. The number of carbonyl (C=O) groups excluding carboxylic acids is 1. The van der Waals surface area contributed by atoms with E-state index in [-0.39, 0.29) is 11.8 Å². The Balaban J connectivity index is 1.61. The number of benzene rings is 1. The van der Waals surface area contributed by atoms with Crippen LogP contribution in [-0.4, -0.2) is 25.0 Å². The van der Waals surface area contributed by atoms with Crippen LogP contribution in [0.25, 0.3) is 0 Å². The molecule has 5 nitrogen and oxygen atoms in total. The number of nitrogens with zero attached hydrogens (tertiary/aromatic N) is 1. The van der Waals surface area contributed by atoms with Crippen molar-refractivity contribution in [1.29, 1.82) is 0 Å². The molecule has 114 valence electrons. The minimum absolute atomic E-state index is 0.191. The van der Waals surface area contributed by atoms with Crippen molar-refractivity contribution in [3.05, 3.63) is 29.8 Å². The zero-order valence-corrected chi connectivity index (χ0v) is 12.6. The standard InChI is InChI=1S/C16H24N4O/c1-12-6-8-14(9-7-12)20-16(17)19-11-3-10-18-15(21)13-4-2-5-13/h6-9,13H,2-5,10-11H2,1H3,(H,18,21)(H3,17,19,20). The lowest BCUT2D eigenvalue weighted by atomic mass is 9.85. The Bertz CT molecular complexity index is 492. The highest BCUT2D eigenvalue weighted by Gasteiger charge is 2.24. The van der Waals surface area contributed by atoms with Crippen LogP contribution in [0.2, 0.25) is 0 Å². The predicted molar refractivity (Wildman–Crippen MR) is 86.3 cm³/mol. The fraction of sp³-hybridized carbons (Fsp3) is 0.500. The maximum absolute atomic E-state index is 11.6. The summed E-state index contributed by atoms with van der Waals surface area (Å²) in [4.78, 5) is 15.9. The van der Waals surface area contributed by atoms with Crippen LogP contribution in [0.3, 0.4) is 0 Å². The Morgan fingerprint density at radius 3 is 2.67 bits per heavy atom. The number of anilines is 1. The Morgan fingerprint density at radius 2 is 2.05 bits per heavy atom. The first kappa shape index (κ1) is 15.4. The number of hydrogen-bond donors (Lipinski definition) is 3. The molecule has 0 unspecified atom stereocenters. The van der Waals surface area contributed by atoms with E-state index in [0.717, 1.165) is 24.9 Å². The lowest BCUT2D eigenvalue weighted by Crippen LogP contribution is -2.35. The van der Waals surface area contributed by atoms with Crippen molar-refractivity contribution < 1.29 is 4.79 Å². The number of nitrogens with two attached hydrogens (primary N) is 1. The number of aliphatic imine (C=N–C) groups is 1. The molecule has 1 aromatic carbocycles. The van der Waals surface area contributed by atoms with Gasteiger partial charge in [0.25, 0.3) is 0 Å². The fourth-order valence-corrected chi connectivity index (χ4v) is 2.13. The Labute approximate surface area is 126 Å². The lowest BCUT2D eigenvalue weighted by molar-refractivity contribution is -0.127. The highest BCUT2D eigenvalue weighted by atomic mass is 16.1. The summed E-state index contributed by atoms with van der Waals surface area (Å²) in [5.74, 6) is 0.849. The van der Waals surface area contributed by atoms with Gasteiger partial charge in [-0.1, -0.05) is 24.1 Å². The van der Waals surface area contributed by atoms with E-state index >= 15 is 0 Å². The molecule has 1 fully saturated rings. The SMILES string of the molecule is Cc1ccc(NC(N)=NCCCNC(=O)C2CCC2)cc1. The van der Waals surface area contributed by atoms with Crippen LogP contribution in [0.4, 0.5) is 5.69 Å². The summed E-state index contributed by atoms with van der Waals surface area (Å²) in [6, 6.07) is 7.98. The van der Waals surface area contributed by atoms with E-state index in [9.17, 15) is 4.79 Å². The van der Waals surface area contributed by atoms with Crippen molar-refractivity contribution in [2.75, 3.05) is 18.4 Å². The van der Waals surface area contributed by atoms with Gasteiger partial charge in [0.2, 0.25) is 5.91 Å². The summed E-state index contributed by atoms with van der Waals surface area (Å²) < 4.78 is 0. The van der Waals surface area contributed by atoms with Crippen LogP contribution in [-0.2, 0) is 4.79 Å². The second-order valence-electron chi connectivity index (χ2n) is 5.53. The van der Waals surface area contributed by atoms with Gasteiger partial charge in [-0.05, 0) is 38.3 Å². The number of rotatable bonds is 6. The van der Waals surface area contributed by atoms with Gasteiger partial charge in [-0.3, -0.25) is 9.79 Å². The maximum atomic E-state index is 11.6. The van der Waals surface area contributed by atoms with E-state index in [2.05, 4.69) is 15.6 Å². The van der Waals surface area contributed by atoms with Gasteiger partial charge < -0.3 is 16.4 Å². The molecule has 1 aliphatic rings. The van der Waals surface area contributed by atoms with Gasteiger partial charge in [0.05, 0.1) is 0 Å². The van der Waals surface area contributed by atoms with Crippen LogP contribution >= 0.6 is 0 Å². The van der Waals surface area contributed by atoms with Crippen LogP contribution in [0.5, 0.6) is 0 Å². The summed E-state index contributed by atoms with van der Waals surface area (Å²) in [5, 5.41) is 5.99. The van der Waals surface area contributed by atoms with E-state index in [1.54, 1.807) is 0 Å². The molecular weight excluding hydrogens is 264 g/mol. The Kier molecular flexibility index (Phi) is 5.60. The van der Waals surface area contributed by atoms with Gasteiger partial charge >= 0.3 is 0 Å². The second-order valence-corrected chi connectivity index (χ2v) is 5.53. The molecule has 0 radical (unpaired) electrons. The molecule has 0 bridgehead atoms. The number of hydrogen-bond acceptors (Lipinski definition) is 2. The van der Waals surface area contributed by atoms with Crippen molar-refractivity contribution in [1.82, 2.24) is 5.32 Å². The highest BCUT2D eigenvalue weighted by Crippen LogP contribution is 2.25. The number of carbonyl (C=O) groups is 1. The molecule has 0 saturated heterocycles. The number of amides is 1. The fourth-order valence-electron chi connectivity index (χ4n) is 2.13. The van der Waals surface area contributed by atoms with Crippen LogP contribution in [0.1, 0.15) is 31.2 Å². The zero-order valence-electron chi connectivity index (χ0n) is 12.6. The third kappa shape index (κ3) is 5.10. The topological polar surface area (TPSA) is 79.5 Å². The van der Waals surface area contributed by atoms with Crippen LogP contribution in [0, 0.1) is 12.8 Å². The van der Waals surface area contributed by atoms with Crippen LogP contribution < -0.4 is 16.4 Å². The van der Waals surface area contributed by atoms with E-state index in [4.69, 9.17) is 5.73 Å². The van der Waals surface area contributed by atoms with Crippen LogP contribution in [0.15, 0.2) is 29.3 Å². The maximum Gasteiger partial charge on any atom is 0.223 e. The summed E-state index contributed by atoms with van der Waals surface area (Å²) in [6.45, 7) is 3.31. The molecule has 2 rings (SSSR count). The van der Waals surface area contributed by atoms with Gasteiger partial charge in [0, 0.05) is 24.7 Å². The number of guanidine groups is 1. The molecule has 4 N–H and O–H groups in total. The zero-order chi connectivity index (χ0) is 15.1. The molecule has 21 heavy (non-hydrogen) atoms. The van der Waals surface area contributed by atoms with Crippen molar-refractivity contribution in [2.45, 2.75) is 32.6 Å². The first-order chi connectivity index (χ1) is 10.1. The normalized spacial score (nSPS) is 15.4. The third-order valence-corrected chi connectivity index (χ3v) is 3.72.